The molecule has 0 spiro atoms. The van der Waals surface area contributed by atoms with Crippen molar-refractivity contribution >= 4 is 0 Å². The first-order valence-electron chi connectivity index (χ1n) is 7.78. The van der Waals surface area contributed by atoms with Crippen LogP contribution in [0.2, 0.25) is 0 Å². The van der Waals surface area contributed by atoms with Crippen molar-refractivity contribution in [2.24, 2.45) is 5.92 Å². The van der Waals surface area contributed by atoms with Crippen LogP contribution in [0.3, 0.4) is 0 Å². The van der Waals surface area contributed by atoms with Crippen LogP contribution in [0.1, 0.15) is 31.2 Å². The van der Waals surface area contributed by atoms with E-state index in [1.165, 1.54) is 37.8 Å². The number of rotatable bonds is 5. The molecular formula is C17H25NO3. The Morgan fingerprint density at radius 2 is 1.57 bits per heavy atom. The Hall–Kier alpha value is -1.42. The van der Waals surface area contributed by atoms with Gasteiger partial charge in [-0.1, -0.05) is 0 Å². The first-order valence-corrected chi connectivity index (χ1v) is 7.78. The Kier molecular flexibility index (Phi) is 4.24. The fourth-order valence-electron chi connectivity index (χ4n) is 3.83. The number of benzene rings is 1. The van der Waals surface area contributed by atoms with Crippen LogP contribution in [0.15, 0.2) is 12.1 Å². The van der Waals surface area contributed by atoms with E-state index in [2.05, 4.69) is 17.0 Å². The molecule has 0 unspecified atom stereocenters. The Morgan fingerprint density at radius 1 is 0.952 bits per heavy atom. The van der Waals surface area contributed by atoms with Crippen molar-refractivity contribution in [1.82, 2.24) is 4.90 Å². The molecule has 3 aliphatic rings. The lowest BCUT2D eigenvalue weighted by Gasteiger charge is -2.45. The predicted molar refractivity (Wildman–Crippen MR) is 82.3 cm³/mol. The lowest BCUT2D eigenvalue weighted by atomic mass is 9.80. The van der Waals surface area contributed by atoms with E-state index in [0.717, 1.165) is 30.0 Å². The largest absolute Gasteiger partial charge is 0.493 e. The van der Waals surface area contributed by atoms with Gasteiger partial charge in [-0.3, -0.25) is 4.90 Å². The second-order valence-electron chi connectivity index (χ2n) is 6.14. The summed E-state index contributed by atoms with van der Waals surface area (Å²) in [4.78, 5) is 2.62. The molecule has 2 saturated heterocycles. The van der Waals surface area contributed by atoms with Gasteiger partial charge in [0.15, 0.2) is 11.5 Å². The van der Waals surface area contributed by atoms with Crippen molar-refractivity contribution in [1.29, 1.82) is 0 Å². The Balaban J connectivity index is 1.82. The maximum absolute atomic E-state index is 5.45. The van der Waals surface area contributed by atoms with Gasteiger partial charge >= 0.3 is 0 Å². The van der Waals surface area contributed by atoms with Crippen molar-refractivity contribution in [3.8, 4) is 17.2 Å². The quantitative estimate of drug-likeness (QED) is 0.834. The van der Waals surface area contributed by atoms with E-state index in [0.29, 0.717) is 5.75 Å². The highest BCUT2D eigenvalue weighted by Crippen LogP contribution is 2.40. The fraction of sp³-hybridized carbons (Fsp3) is 0.647. The summed E-state index contributed by atoms with van der Waals surface area (Å²) in [5, 5.41) is 0. The summed E-state index contributed by atoms with van der Waals surface area (Å²) in [6, 6.07) is 4.90. The number of nitrogens with zero attached hydrogens (tertiary/aromatic N) is 1. The molecule has 0 amide bonds. The van der Waals surface area contributed by atoms with Gasteiger partial charge in [0.2, 0.25) is 5.75 Å². The summed E-state index contributed by atoms with van der Waals surface area (Å²) in [6.07, 6.45) is 5.54. The van der Waals surface area contributed by atoms with Gasteiger partial charge in [-0.05, 0) is 49.3 Å². The first-order chi connectivity index (χ1) is 10.2. The maximum Gasteiger partial charge on any atom is 0.203 e. The van der Waals surface area contributed by atoms with E-state index in [-0.39, 0.29) is 0 Å². The van der Waals surface area contributed by atoms with Crippen molar-refractivity contribution in [3.05, 3.63) is 17.7 Å². The second-order valence-corrected chi connectivity index (χ2v) is 6.14. The topological polar surface area (TPSA) is 30.9 Å². The molecule has 0 atom stereocenters. The predicted octanol–water partition coefficient (Wildman–Crippen LogP) is 3.09. The smallest absolute Gasteiger partial charge is 0.203 e. The highest BCUT2D eigenvalue weighted by molar-refractivity contribution is 5.53. The molecule has 1 aromatic rings. The van der Waals surface area contributed by atoms with E-state index >= 15 is 0 Å². The molecule has 3 fully saturated rings. The third-order valence-corrected chi connectivity index (χ3v) is 4.94. The molecule has 0 aromatic heterocycles. The average Bonchev–Trinajstić information content (AvgIpc) is 2.55. The van der Waals surface area contributed by atoms with Gasteiger partial charge in [-0.15, -0.1) is 0 Å². The molecule has 0 radical (unpaired) electrons. The van der Waals surface area contributed by atoms with Crippen LogP contribution in [0, 0.1) is 5.92 Å². The summed E-state index contributed by atoms with van der Waals surface area (Å²) in [5.74, 6) is 3.06. The normalized spacial score (nSPS) is 24.9. The number of hydrogen-bond acceptors (Lipinski definition) is 4. The van der Waals surface area contributed by atoms with Gasteiger partial charge in [-0.2, -0.15) is 0 Å². The van der Waals surface area contributed by atoms with Gasteiger partial charge in [0.05, 0.1) is 21.3 Å². The number of fused-ring (bicyclic) bond motifs is 3. The summed E-state index contributed by atoms with van der Waals surface area (Å²) in [5.41, 5.74) is 1.23. The highest BCUT2D eigenvalue weighted by atomic mass is 16.5. The van der Waals surface area contributed by atoms with Gasteiger partial charge in [-0.25, -0.2) is 0 Å². The molecule has 4 nitrogen and oxygen atoms in total. The van der Waals surface area contributed by atoms with Crippen LogP contribution in [-0.2, 0) is 6.54 Å². The molecule has 4 heteroatoms. The number of piperidine rings is 2. The summed E-state index contributed by atoms with van der Waals surface area (Å²) >= 11 is 0. The molecule has 1 aromatic carbocycles. The van der Waals surface area contributed by atoms with Crippen molar-refractivity contribution < 1.29 is 14.2 Å². The molecule has 1 aliphatic carbocycles. The number of ether oxygens (including phenoxy) is 3. The standard InChI is InChI=1S/C17H25NO3/c1-19-15-8-13(9-16(20-2)17(15)21-3)11-18-10-12-4-6-14(18)7-5-12/h8-9,12,14H,4-7,10-11H2,1-3H3. The number of hydrogen-bond donors (Lipinski definition) is 0. The van der Waals surface area contributed by atoms with Crippen molar-refractivity contribution in [3.63, 3.8) is 0 Å². The molecule has 2 bridgehead atoms. The van der Waals surface area contributed by atoms with Crippen LogP contribution >= 0.6 is 0 Å². The van der Waals surface area contributed by atoms with Gasteiger partial charge in [0, 0.05) is 19.1 Å². The van der Waals surface area contributed by atoms with Crippen LogP contribution in [0.25, 0.3) is 0 Å². The lowest BCUT2D eigenvalue weighted by molar-refractivity contribution is 0.0425. The van der Waals surface area contributed by atoms with Crippen LogP contribution in [0.4, 0.5) is 0 Å². The minimum atomic E-state index is 0.670. The van der Waals surface area contributed by atoms with Crippen LogP contribution < -0.4 is 14.2 Å². The van der Waals surface area contributed by atoms with E-state index in [4.69, 9.17) is 14.2 Å². The van der Waals surface area contributed by atoms with Crippen molar-refractivity contribution in [2.75, 3.05) is 27.9 Å². The summed E-state index contributed by atoms with van der Waals surface area (Å²) < 4.78 is 16.3. The molecule has 0 N–H and O–H groups in total. The first kappa shape index (κ1) is 14.5. The third kappa shape index (κ3) is 2.82. The monoisotopic (exact) mass is 291 g/mol. The Morgan fingerprint density at radius 3 is 2.00 bits per heavy atom. The van der Waals surface area contributed by atoms with E-state index < -0.39 is 0 Å². The minimum Gasteiger partial charge on any atom is -0.493 e. The van der Waals surface area contributed by atoms with Gasteiger partial charge in [0.1, 0.15) is 0 Å². The van der Waals surface area contributed by atoms with E-state index in [9.17, 15) is 0 Å². The molecular weight excluding hydrogens is 266 g/mol. The third-order valence-electron chi connectivity index (χ3n) is 4.94. The molecule has 116 valence electrons. The summed E-state index contributed by atoms with van der Waals surface area (Å²) in [6.45, 7) is 2.21. The molecule has 4 rings (SSSR count). The van der Waals surface area contributed by atoms with Crippen molar-refractivity contribution in [2.45, 2.75) is 38.3 Å². The zero-order valence-electron chi connectivity index (χ0n) is 13.2. The molecule has 1 saturated carbocycles. The lowest BCUT2D eigenvalue weighted by Crippen LogP contribution is -2.47. The summed E-state index contributed by atoms with van der Waals surface area (Å²) in [7, 11) is 4.98. The molecule has 21 heavy (non-hydrogen) atoms. The zero-order valence-corrected chi connectivity index (χ0v) is 13.2. The highest BCUT2D eigenvalue weighted by Gasteiger charge is 2.33. The van der Waals surface area contributed by atoms with E-state index in [1.54, 1.807) is 21.3 Å². The fourth-order valence-corrected chi connectivity index (χ4v) is 3.83. The number of methoxy groups -OCH3 is 3. The maximum atomic E-state index is 5.45. The average molecular weight is 291 g/mol. The SMILES string of the molecule is COc1cc(CN2CC3CCC2CC3)cc(OC)c1OC. The minimum absolute atomic E-state index is 0.670. The molecule has 2 aliphatic heterocycles. The van der Waals surface area contributed by atoms with Crippen LogP contribution in [-0.4, -0.2) is 38.8 Å². The van der Waals surface area contributed by atoms with Crippen LogP contribution in [0.5, 0.6) is 17.2 Å². The molecule has 2 heterocycles. The van der Waals surface area contributed by atoms with E-state index in [1.807, 2.05) is 0 Å². The zero-order chi connectivity index (χ0) is 14.8. The second kappa shape index (κ2) is 6.14. The Bertz CT molecular complexity index is 470. The Labute approximate surface area is 127 Å². The van der Waals surface area contributed by atoms with Gasteiger partial charge in [0.25, 0.3) is 0 Å². The van der Waals surface area contributed by atoms with Gasteiger partial charge < -0.3 is 14.2 Å².